The molecule has 0 bridgehead atoms. The van der Waals surface area contributed by atoms with Gasteiger partial charge >= 0.3 is 6.01 Å². The van der Waals surface area contributed by atoms with Crippen LogP contribution in [0.4, 0.5) is 11.7 Å². The highest BCUT2D eigenvalue weighted by Crippen LogP contribution is 2.23. The summed E-state index contributed by atoms with van der Waals surface area (Å²) in [4.78, 5) is 0. The first-order valence-corrected chi connectivity index (χ1v) is 6.82. The smallest absolute Gasteiger partial charge is 0.320 e. The molecule has 0 amide bonds. The van der Waals surface area contributed by atoms with Crippen molar-refractivity contribution >= 4 is 11.7 Å². The van der Waals surface area contributed by atoms with Gasteiger partial charge in [-0.1, -0.05) is 17.2 Å². The Morgan fingerprint density at radius 3 is 2.41 bits per heavy atom. The fourth-order valence-corrected chi connectivity index (χ4v) is 1.97. The highest BCUT2D eigenvalue weighted by atomic mass is 16.5. The molecule has 3 rings (SSSR count). The van der Waals surface area contributed by atoms with Gasteiger partial charge in [-0.05, 0) is 42.0 Å². The van der Waals surface area contributed by atoms with E-state index in [9.17, 15) is 0 Å². The van der Waals surface area contributed by atoms with Crippen LogP contribution >= 0.6 is 0 Å². The minimum Gasteiger partial charge on any atom is -0.497 e. The predicted molar refractivity (Wildman–Crippen MR) is 83.9 cm³/mol. The molecule has 6 nitrogen and oxygen atoms in total. The lowest BCUT2D eigenvalue weighted by Crippen LogP contribution is -1.95. The van der Waals surface area contributed by atoms with E-state index in [2.05, 4.69) is 15.5 Å². The van der Waals surface area contributed by atoms with Crippen LogP contribution in [0.3, 0.4) is 0 Å². The highest BCUT2D eigenvalue weighted by Gasteiger charge is 2.08. The van der Waals surface area contributed by atoms with Gasteiger partial charge in [0.2, 0.25) is 5.89 Å². The molecule has 6 heteroatoms. The fraction of sp³-hybridized carbons (Fsp3) is 0.125. The highest BCUT2D eigenvalue weighted by molar-refractivity contribution is 5.57. The molecule has 0 aliphatic carbocycles. The van der Waals surface area contributed by atoms with E-state index in [0.717, 1.165) is 22.6 Å². The quantitative estimate of drug-likeness (QED) is 0.753. The molecule has 0 saturated heterocycles. The maximum absolute atomic E-state index is 5.61. The van der Waals surface area contributed by atoms with Crippen LogP contribution < -0.4 is 15.8 Å². The molecular weight excluding hydrogens is 280 g/mol. The number of methoxy groups -OCH3 is 1. The van der Waals surface area contributed by atoms with Crippen molar-refractivity contribution in [1.82, 2.24) is 10.2 Å². The fourth-order valence-electron chi connectivity index (χ4n) is 1.97. The Morgan fingerprint density at radius 2 is 1.77 bits per heavy atom. The second-order valence-corrected chi connectivity index (χ2v) is 4.67. The molecule has 0 aliphatic rings. The molecule has 0 atom stereocenters. The van der Waals surface area contributed by atoms with E-state index in [1.54, 1.807) is 7.11 Å². The lowest BCUT2D eigenvalue weighted by atomic mass is 10.1. The van der Waals surface area contributed by atoms with Crippen LogP contribution in [0.1, 0.15) is 5.56 Å². The molecule has 0 aliphatic heterocycles. The zero-order chi connectivity index (χ0) is 15.4. The van der Waals surface area contributed by atoms with Gasteiger partial charge in [0, 0.05) is 17.8 Å². The standard InChI is InChI=1S/C16H16N4O2/c1-21-14-8-6-13(7-9-14)18-16-20-19-15(22-16)12-4-2-11(10-17)3-5-12/h2-9H,10,17H2,1H3,(H,18,20). The Bertz CT molecular complexity index is 736. The van der Waals surface area contributed by atoms with Crippen molar-refractivity contribution < 1.29 is 9.15 Å². The van der Waals surface area contributed by atoms with Gasteiger partial charge in [0.15, 0.2) is 0 Å². The first-order chi connectivity index (χ1) is 10.8. The van der Waals surface area contributed by atoms with Crippen LogP contribution in [0.5, 0.6) is 5.75 Å². The van der Waals surface area contributed by atoms with Crippen molar-refractivity contribution in [3.63, 3.8) is 0 Å². The van der Waals surface area contributed by atoms with Crippen LogP contribution in [0.15, 0.2) is 52.9 Å². The molecule has 0 fully saturated rings. The maximum atomic E-state index is 5.61. The Balaban J connectivity index is 1.74. The molecule has 0 radical (unpaired) electrons. The van der Waals surface area contributed by atoms with Crippen molar-refractivity contribution in [2.45, 2.75) is 6.54 Å². The molecule has 3 N–H and O–H groups in total. The summed E-state index contributed by atoms with van der Waals surface area (Å²) in [5.41, 5.74) is 8.33. The Kier molecular flexibility index (Phi) is 4.02. The molecule has 22 heavy (non-hydrogen) atoms. The van der Waals surface area contributed by atoms with Crippen molar-refractivity contribution in [3.05, 3.63) is 54.1 Å². The van der Waals surface area contributed by atoms with Crippen LogP contribution in [0, 0.1) is 0 Å². The molecule has 0 unspecified atom stereocenters. The molecule has 112 valence electrons. The minimum atomic E-state index is 0.336. The summed E-state index contributed by atoms with van der Waals surface area (Å²) in [6.07, 6.45) is 0. The van der Waals surface area contributed by atoms with Crippen LogP contribution in [0.2, 0.25) is 0 Å². The number of hydrogen-bond acceptors (Lipinski definition) is 6. The van der Waals surface area contributed by atoms with E-state index in [1.807, 2.05) is 48.5 Å². The zero-order valence-electron chi connectivity index (χ0n) is 12.1. The lowest BCUT2D eigenvalue weighted by Gasteiger charge is -2.02. The predicted octanol–water partition coefficient (Wildman–Crippen LogP) is 2.95. The number of ether oxygens (including phenoxy) is 1. The summed E-state index contributed by atoms with van der Waals surface area (Å²) in [6.45, 7) is 0.508. The molecule has 1 heterocycles. The van der Waals surface area contributed by atoms with Crippen LogP contribution in [-0.2, 0) is 6.54 Å². The molecule has 3 aromatic rings. The van der Waals surface area contributed by atoms with Gasteiger partial charge < -0.3 is 20.2 Å². The number of anilines is 2. The van der Waals surface area contributed by atoms with Gasteiger partial charge in [0.1, 0.15) is 5.75 Å². The second kappa shape index (κ2) is 6.28. The van der Waals surface area contributed by atoms with Gasteiger partial charge in [0.05, 0.1) is 7.11 Å². The normalized spacial score (nSPS) is 10.5. The van der Waals surface area contributed by atoms with Crippen molar-refractivity contribution in [3.8, 4) is 17.2 Å². The van der Waals surface area contributed by atoms with E-state index >= 15 is 0 Å². The number of nitrogens with two attached hydrogens (primary N) is 1. The largest absolute Gasteiger partial charge is 0.497 e. The van der Waals surface area contributed by atoms with E-state index in [1.165, 1.54) is 0 Å². The maximum Gasteiger partial charge on any atom is 0.320 e. The van der Waals surface area contributed by atoms with Gasteiger partial charge in [0.25, 0.3) is 0 Å². The summed E-state index contributed by atoms with van der Waals surface area (Å²) < 4.78 is 10.7. The SMILES string of the molecule is COc1ccc(Nc2nnc(-c3ccc(CN)cc3)o2)cc1. The van der Waals surface area contributed by atoms with Gasteiger partial charge in [-0.15, -0.1) is 5.10 Å². The van der Waals surface area contributed by atoms with E-state index in [-0.39, 0.29) is 0 Å². The number of nitrogens with one attached hydrogen (secondary N) is 1. The number of hydrogen-bond donors (Lipinski definition) is 2. The van der Waals surface area contributed by atoms with Crippen molar-refractivity contribution in [2.24, 2.45) is 5.73 Å². The third-order valence-corrected chi connectivity index (χ3v) is 3.20. The molecule has 0 saturated carbocycles. The monoisotopic (exact) mass is 296 g/mol. The number of nitrogens with zero attached hydrogens (tertiary/aromatic N) is 2. The Hall–Kier alpha value is -2.86. The molecular formula is C16H16N4O2. The number of rotatable bonds is 5. The van der Waals surface area contributed by atoms with Crippen molar-refractivity contribution in [2.75, 3.05) is 12.4 Å². The number of benzene rings is 2. The first-order valence-electron chi connectivity index (χ1n) is 6.82. The second-order valence-electron chi connectivity index (χ2n) is 4.67. The third-order valence-electron chi connectivity index (χ3n) is 3.20. The number of aromatic nitrogens is 2. The Labute approximate surface area is 127 Å². The average Bonchev–Trinajstić information content (AvgIpc) is 3.04. The summed E-state index contributed by atoms with van der Waals surface area (Å²) in [7, 11) is 1.63. The van der Waals surface area contributed by atoms with Crippen LogP contribution in [-0.4, -0.2) is 17.3 Å². The van der Waals surface area contributed by atoms with E-state index in [0.29, 0.717) is 18.5 Å². The average molecular weight is 296 g/mol. The van der Waals surface area contributed by atoms with E-state index in [4.69, 9.17) is 14.9 Å². The van der Waals surface area contributed by atoms with Crippen molar-refractivity contribution in [1.29, 1.82) is 0 Å². The van der Waals surface area contributed by atoms with Gasteiger partial charge in [-0.2, -0.15) is 0 Å². The van der Waals surface area contributed by atoms with E-state index < -0.39 is 0 Å². The van der Waals surface area contributed by atoms with Gasteiger partial charge in [-0.3, -0.25) is 0 Å². The molecule has 1 aromatic heterocycles. The minimum absolute atomic E-state index is 0.336. The van der Waals surface area contributed by atoms with Gasteiger partial charge in [-0.25, -0.2) is 0 Å². The lowest BCUT2D eigenvalue weighted by molar-refractivity contribution is 0.415. The first kappa shape index (κ1) is 14.1. The summed E-state index contributed by atoms with van der Waals surface area (Å²) in [5.74, 6) is 1.25. The molecule has 0 spiro atoms. The summed E-state index contributed by atoms with van der Waals surface area (Å²) in [6, 6.07) is 15.5. The summed E-state index contributed by atoms with van der Waals surface area (Å²) >= 11 is 0. The topological polar surface area (TPSA) is 86.2 Å². The summed E-state index contributed by atoms with van der Waals surface area (Å²) in [5, 5.41) is 11.1. The Morgan fingerprint density at radius 1 is 1.05 bits per heavy atom. The third kappa shape index (κ3) is 3.07. The molecule has 2 aromatic carbocycles. The van der Waals surface area contributed by atoms with Crippen LogP contribution in [0.25, 0.3) is 11.5 Å². The zero-order valence-corrected chi connectivity index (χ0v) is 12.1.